The van der Waals surface area contributed by atoms with E-state index in [-0.39, 0.29) is 11.9 Å². The summed E-state index contributed by atoms with van der Waals surface area (Å²) in [5, 5.41) is 0. The second-order valence-electron chi connectivity index (χ2n) is 5.24. The zero-order chi connectivity index (χ0) is 14.8. The Bertz CT molecular complexity index is 676. The topological polar surface area (TPSA) is 35.5 Å². The van der Waals surface area contributed by atoms with Gasteiger partial charge in [0.25, 0.3) is 0 Å². The lowest BCUT2D eigenvalue weighted by atomic mass is 10.1. The molecule has 108 valence electrons. The number of rotatable bonds is 4. The Balaban J connectivity index is 1.97. The second kappa shape index (κ2) is 5.60. The predicted octanol–water partition coefficient (Wildman–Crippen LogP) is 3.96. The van der Waals surface area contributed by atoms with Crippen LogP contribution in [0.15, 0.2) is 42.5 Å². The van der Waals surface area contributed by atoms with Crippen molar-refractivity contribution in [2.24, 2.45) is 0 Å². The third kappa shape index (κ3) is 2.51. The molecule has 0 aromatic heterocycles. The lowest BCUT2D eigenvalue weighted by molar-refractivity contribution is 0.100. The van der Waals surface area contributed by atoms with Gasteiger partial charge in [-0.2, -0.15) is 0 Å². The van der Waals surface area contributed by atoms with Crippen LogP contribution in [0.1, 0.15) is 40.9 Å². The molecule has 1 aliphatic rings. The van der Waals surface area contributed by atoms with Crippen LogP contribution in [-0.2, 0) is 6.42 Å². The van der Waals surface area contributed by atoms with Crippen molar-refractivity contribution in [2.45, 2.75) is 25.9 Å². The predicted molar refractivity (Wildman–Crippen MR) is 81.1 cm³/mol. The van der Waals surface area contributed by atoms with Crippen molar-refractivity contribution in [3.63, 3.8) is 0 Å². The van der Waals surface area contributed by atoms with Gasteiger partial charge in [0.2, 0.25) is 0 Å². The maximum Gasteiger partial charge on any atom is 0.172 e. The van der Waals surface area contributed by atoms with Crippen molar-refractivity contribution < 1.29 is 14.3 Å². The molecule has 0 N–H and O–H groups in total. The molecule has 0 saturated carbocycles. The van der Waals surface area contributed by atoms with Gasteiger partial charge in [-0.25, -0.2) is 0 Å². The number of hydrogen-bond donors (Lipinski definition) is 0. The van der Waals surface area contributed by atoms with E-state index in [4.69, 9.17) is 9.47 Å². The number of para-hydroxylation sites is 1. The van der Waals surface area contributed by atoms with Gasteiger partial charge in [0.15, 0.2) is 17.3 Å². The van der Waals surface area contributed by atoms with E-state index in [1.54, 1.807) is 20.1 Å². The Hall–Kier alpha value is -2.29. The monoisotopic (exact) mass is 282 g/mol. The summed E-state index contributed by atoms with van der Waals surface area (Å²) < 4.78 is 11.5. The molecule has 3 heteroatoms. The molecule has 0 amide bonds. The molecule has 0 radical (unpaired) electrons. The third-order valence-electron chi connectivity index (χ3n) is 3.92. The summed E-state index contributed by atoms with van der Waals surface area (Å²) in [5.74, 6) is 1.14. The first kappa shape index (κ1) is 13.7. The molecule has 2 aromatic carbocycles. The molecule has 0 aliphatic heterocycles. The highest BCUT2D eigenvalue weighted by Gasteiger charge is 2.26. The van der Waals surface area contributed by atoms with Crippen molar-refractivity contribution in [1.29, 1.82) is 0 Å². The van der Waals surface area contributed by atoms with Crippen molar-refractivity contribution >= 4 is 5.78 Å². The zero-order valence-corrected chi connectivity index (χ0v) is 12.3. The van der Waals surface area contributed by atoms with Gasteiger partial charge in [0, 0.05) is 0 Å². The van der Waals surface area contributed by atoms with E-state index >= 15 is 0 Å². The van der Waals surface area contributed by atoms with Crippen LogP contribution in [0.2, 0.25) is 0 Å². The van der Waals surface area contributed by atoms with Crippen molar-refractivity contribution in [3.05, 3.63) is 59.2 Å². The number of carbonyl (C=O) groups excluding carboxylic acids is 1. The summed E-state index contributed by atoms with van der Waals surface area (Å²) in [6.45, 7) is 1.55. The van der Waals surface area contributed by atoms with Crippen LogP contribution in [0.3, 0.4) is 0 Å². The summed E-state index contributed by atoms with van der Waals surface area (Å²) in [5.41, 5.74) is 3.10. The highest BCUT2D eigenvalue weighted by atomic mass is 16.5. The number of carbonyl (C=O) groups is 1. The summed E-state index contributed by atoms with van der Waals surface area (Å²) >= 11 is 0. The van der Waals surface area contributed by atoms with E-state index in [2.05, 4.69) is 12.1 Å². The number of Topliss-reactive ketones (excluding diaryl/α,β-unsaturated/α-hetero) is 1. The van der Waals surface area contributed by atoms with Gasteiger partial charge in [0.1, 0.15) is 6.10 Å². The SMILES string of the molecule is COc1cccc(C(C)=O)c1OC1CCc2ccccc21. The lowest BCUT2D eigenvalue weighted by Gasteiger charge is -2.19. The summed E-state index contributed by atoms with van der Waals surface area (Å²) in [4.78, 5) is 11.8. The van der Waals surface area contributed by atoms with Gasteiger partial charge in [-0.15, -0.1) is 0 Å². The largest absolute Gasteiger partial charge is 0.493 e. The van der Waals surface area contributed by atoms with Gasteiger partial charge in [0.05, 0.1) is 12.7 Å². The Kier molecular flexibility index (Phi) is 3.65. The molecule has 0 saturated heterocycles. The van der Waals surface area contributed by atoms with Crippen LogP contribution < -0.4 is 9.47 Å². The molecule has 0 bridgehead atoms. The number of aryl methyl sites for hydroxylation is 1. The highest BCUT2D eigenvalue weighted by Crippen LogP contribution is 2.40. The van der Waals surface area contributed by atoms with Crippen LogP contribution in [0.25, 0.3) is 0 Å². The van der Waals surface area contributed by atoms with Gasteiger partial charge < -0.3 is 9.47 Å². The van der Waals surface area contributed by atoms with E-state index in [0.717, 1.165) is 12.8 Å². The number of benzene rings is 2. The molecule has 0 heterocycles. The van der Waals surface area contributed by atoms with E-state index in [1.165, 1.54) is 11.1 Å². The van der Waals surface area contributed by atoms with Gasteiger partial charge in [-0.05, 0) is 43.0 Å². The fourth-order valence-corrected chi connectivity index (χ4v) is 2.86. The Labute approximate surface area is 124 Å². The van der Waals surface area contributed by atoms with E-state index in [0.29, 0.717) is 17.1 Å². The van der Waals surface area contributed by atoms with Crippen LogP contribution in [0.5, 0.6) is 11.5 Å². The Morgan fingerprint density at radius 2 is 1.95 bits per heavy atom. The number of methoxy groups -OCH3 is 1. The van der Waals surface area contributed by atoms with Gasteiger partial charge >= 0.3 is 0 Å². The van der Waals surface area contributed by atoms with E-state index in [1.807, 2.05) is 24.3 Å². The van der Waals surface area contributed by atoms with Crippen molar-refractivity contribution in [1.82, 2.24) is 0 Å². The molecule has 0 spiro atoms. The lowest BCUT2D eigenvalue weighted by Crippen LogP contribution is -2.08. The molecule has 21 heavy (non-hydrogen) atoms. The molecule has 1 unspecified atom stereocenters. The Morgan fingerprint density at radius 1 is 1.14 bits per heavy atom. The molecule has 2 aromatic rings. The molecule has 3 nitrogen and oxygen atoms in total. The maximum atomic E-state index is 11.8. The molecule has 0 fully saturated rings. The minimum absolute atomic E-state index is 0.0180. The number of fused-ring (bicyclic) bond motifs is 1. The highest BCUT2D eigenvalue weighted by molar-refractivity contribution is 5.97. The summed E-state index contributed by atoms with van der Waals surface area (Å²) in [7, 11) is 1.59. The van der Waals surface area contributed by atoms with Crippen LogP contribution >= 0.6 is 0 Å². The Morgan fingerprint density at radius 3 is 2.71 bits per heavy atom. The molecule has 1 aliphatic carbocycles. The summed E-state index contributed by atoms with van der Waals surface area (Å²) in [6, 6.07) is 13.7. The smallest absolute Gasteiger partial charge is 0.172 e. The quantitative estimate of drug-likeness (QED) is 0.796. The number of hydrogen-bond acceptors (Lipinski definition) is 3. The fraction of sp³-hybridized carbons (Fsp3) is 0.278. The van der Waals surface area contributed by atoms with E-state index in [9.17, 15) is 4.79 Å². The molecular formula is C18H18O3. The number of ether oxygens (including phenoxy) is 2. The van der Waals surface area contributed by atoms with Crippen LogP contribution in [-0.4, -0.2) is 12.9 Å². The first-order chi connectivity index (χ1) is 10.2. The van der Waals surface area contributed by atoms with Gasteiger partial charge in [-0.1, -0.05) is 30.3 Å². The average molecular weight is 282 g/mol. The third-order valence-corrected chi connectivity index (χ3v) is 3.92. The first-order valence-electron chi connectivity index (χ1n) is 7.13. The van der Waals surface area contributed by atoms with Crippen molar-refractivity contribution in [3.8, 4) is 11.5 Å². The van der Waals surface area contributed by atoms with Crippen LogP contribution in [0.4, 0.5) is 0 Å². The van der Waals surface area contributed by atoms with E-state index < -0.39 is 0 Å². The zero-order valence-electron chi connectivity index (χ0n) is 12.3. The number of ketones is 1. The fourth-order valence-electron chi connectivity index (χ4n) is 2.86. The minimum Gasteiger partial charge on any atom is -0.493 e. The normalized spacial score (nSPS) is 16.4. The van der Waals surface area contributed by atoms with Crippen LogP contribution in [0, 0.1) is 0 Å². The molecule has 1 atom stereocenters. The molecule has 3 rings (SSSR count). The second-order valence-corrected chi connectivity index (χ2v) is 5.24. The maximum absolute atomic E-state index is 11.8. The molecular weight excluding hydrogens is 264 g/mol. The van der Waals surface area contributed by atoms with Gasteiger partial charge in [-0.3, -0.25) is 4.79 Å². The summed E-state index contributed by atoms with van der Waals surface area (Å²) in [6.07, 6.45) is 1.91. The van der Waals surface area contributed by atoms with Crippen molar-refractivity contribution in [2.75, 3.05) is 7.11 Å². The standard InChI is InChI=1S/C18H18O3/c1-12(19)14-8-5-9-17(20-2)18(14)21-16-11-10-13-6-3-4-7-15(13)16/h3-9,16H,10-11H2,1-2H3. The first-order valence-corrected chi connectivity index (χ1v) is 7.13. The average Bonchev–Trinajstić information content (AvgIpc) is 2.90. The minimum atomic E-state index is -0.0183.